The Kier molecular flexibility index (Phi) is 3.48. The molecule has 0 radical (unpaired) electrons. The number of fused-ring (bicyclic) bond motifs is 1. The molecule has 1 N–H and O–H groups in total. The molecule has 1 saturated heterocycles. The SMILES string of the molecule is O=C(Nc1ccc(Oc2ccccc2)cc1)C1C2CC3OC(=O)C1C3C2. The summed E-state index contributed by atoms with van der Waals surface area (Å²) in [6.07, 6.45) is 1.81. The Morgan fingerprint density at radius 3 is 2.50 bits per heavy atom. The molecule has 2 aromatic carbocycles. The third-order valence-corrected chi connectivity index (χ3v) is 5.89. The van der Waals surface area contributed by atoms with Gasteiger partial charge in [-0.1, -0.05) is 18.2 Å². The van der Waals surface area contributed by atoms with Gasteiger partial charge in [0.25, 0.3) is 0 Å². The summed E-state index contributed by atoms with van der Waals surface area (Å²) in [4.78, 5) is 24.8. The summed E-state index contributed by atoms with van der Waals surface area (Å²) >= 11 is 0. The number of anilines is 1. The monoisotopic (exact) mass is 349 g/mol. The van der Waals surface area contributed by atoms with Gasteiger partial charge in [0.2, 0.25) is 5.91 Å². The Balaban J connectivity index is 1.27. The molecule has 5 atom stereocenters. The number of carbonyl (C=O) groups excluding carboxylic acids is 2. The van der Waals surface area contributed by atoms with Crippen molar-refractivity contribution in [1.82, 2.24) is 0 Å². The summed E-state index contributed by atoms with van der Waals surface area (Å²) < 4.78 is 11.2. The zero-order valence-electron chi connectivity index (χ0n) is 14.1. The maximum absolute atomic E-state index is 12.8. The summed E-state index contributed by atoms with van der Waals surface area (Å²) in [6, 6.07) is 16.8. The average Bonchev–Trinajstić information content (AvgIpc) is 3.26. The molecule has 1 amide bonds. The van der Waals surface area contributed by atoms with Crippen molar-refractivity contribution in [2.75, 3.05) is 5.32 Å². The van der Waals surface area contributed by atoms with Crippen LogP contribution < -0.4 is 10.1 Å². The highest BCUT2D eigenvalue weighted by molar-refractivity contribution is 5.97. The van der Waals surface area contributed by atoms with Gasteiger partial charge in [-0.3, -0.25) is 9.59 Å². The minimum atomic E-state index is -0.258. The van der Waals surface area contributed by atoms with Crippen molar-refractivity contribution in [3.8, 4) is 11.5 Å². The van der Waals surface area contributed by atoms with E-state index in [0.29, 0.717) is 11.4 Å². The van der Waals surface area contributed by atoms with Gasteiger partial charge in [0.1, 0.15) is 17.6 Å². The molecule has 2 bridgehead atoms. The van der Waals surface area contributed by atoms with Gasteiger partial charge in [0.15, 0.2) is 0 Å². The van der Waals surface area contributed by atoms with Crippen LogP contribution in [0.4, 0.5) is 5.69 Å². The van der Waals surface area contributed by atoms with Gasteiger partial charge >= 0.3 is 5.97 Å². The number of ether oxygens (including phenoxy) is 2. The molecule has 5 rings (SSSR count). The van der Waals surface area contributed by atoms with Crippen molar-refractivity contribution in [2.45, 2.75) is 18.9 Å². The number of amides is 1. The number of hydrogen-bond donors (Lipinski definition) is 1. The van der Waals surface area contributed by atoms with E-state index in [1.54, 1.807) is 0 Å². The predicted octanol–water partition coefficient (Wildman–Crippen LogP) is 3.62. The van der Waals surface area contributed by atoms with E-state index >= 15 is 0 Å². The Bertz CT molecular complexity index is 846. The van der Waals surface area contributed by atoms with Crippen molar-refractivity contribution in [1.29, 1.82) is 0 Å². The zero-order valence-corrected chi connectivity index (χ0v) is 14.1. The van der Waals surface area contributed by atoms with Gasteiger partial charge in [0.05, 0.1) is 11.8 Å². The second-order valence-corrected chi connectivity index (χ2v) is 7.35. The minimum Gasteiger partial charge on any atom is -0.462 e. The topological polar surface area (TPSA) is 64.6 Å². The number of carbonyl (C=O) groups is 2. The van der Waals surface area contributed by atoms with E-state index < -0.39 is 0 Å². The van der Waals surface area contributed by atoms with E-state index in [2.05, 4.69) is 5.32 Å². The predicted molar refractivity (Wildman–Crippen MR) is 94.7 cm³/mol. The van der Waals surface area contributed by atoms with E-state index in [1.165, 1.54) is 0 Å². The van der Waals surface area contributed by atoms with Crippen LogP contribution in [0.3, 0.4) is 0 Å². The zero-order chi connectivity index (χ0) is 17.7. The van der Waals surface area contributed by atoms with E-state index in [4.69, 9.17) is 9.47 Å². The maximum atomic E-state index is 12.8. The summed E-state index contributed by atoms with van der Waals surface area (Å²) in [5.74, 6) is 1.21. The van der Waals surface area contributed by atoms with Crippen LogP contribution in [0.1, 0.15) is 12.8 Å². The second-order valence-electron chi connectivity index (χ2n) is 7.35. The molecule has 5 unspecified atom stereocenters. The highest BCUT2D eigenvalue weighted by Gasteiger charge is 2.63. The Morgan fingerprint density at radius 2 is 1.73 bits per heavy atom. The summed E-state index contributed by atoms with van der Waals surface area (Å²) in [7, 11) is 0. The molecule has 5 heteroatoms. The highest BCUT2D eigenvalue weighted by Crippen LogP contribution is 2.57. The minimum absolute atomic E-state index is 0.0518. The second kappa shape index (κ2) is 5.87. The van der Waals surface area contributed by atoms with Gasteiger partial charge in [-0.05, 0) is 55.2 Å². The standard InChI is InChI=1S/C21H19NO4/c23-20(18-12-10-16-17(11-12)26-21(24)19(16)18)22-13-6-8-15(9-7-13)25-14-4-2-1-3-5-14/h1-9,12,16-19H,10-11H2,(H,22,23). The molecule has 2 aliphatic carbocycles. The third kappa shape index (κ3) is 2.46. The fourth-order valence-electron chi connectivity index (χ4n) is 4.82. The normalized spacial score (nSPS) is 30.9. The van der Waals surface area contributed by atoms with Crippen LogP contribution >= 0.6 is 0 Å². The molecule has 3 fully saturated rings. The van der Waals surface area contributed by atoms with E-state index in [0.717, 1.165) is 18.6 Å². The fraction of sp³-hybridized carbons (Fsp3) is 0.333. The number of nitrogens with one attached hydrogen (secondary N) is 1. The molecule has 132 valence electrons. The largest absolute Gasteiger partial charge is 0.462 e. The molecule has 1 heterocycles. The fourth-order valence-corrected chi connectivity index (χ4v) is 4.82. The van der Waals surface area contributed by atoms with E-state index in [1.807, 2.05) is 54.6 Å². The van der Waals surface area contributed by atoms with Gasteiger partial charge in [-0.15, -0.1) is 0 Å². The molecule has 5 nitrogen and oxygen atoms in total. The molecule has 2 aromatic rings. The number of hydrogen-bond acceptors (Lipinski definition) is 4. The summed E-state index contributed by atoms with van der Waals surface area (Å²) in [5.41, 5.74) is 0.709. The van der Waals surface area contributed by atoms with Crippen LogP contribution in [0.2, 0.25) is 0 Å². The number of esters is 1. The van der Waals surface area contributed by atoms with Crippen molar-refractivity contribution in [3.63, 3.8) is 0 Å². The van der Waals surface area contributed by atoms with Gasteiger partial charge in [0, 0.05) is 11.6 Å². The maximum Gasteiger partial charge on any atom is 0.310 e. The van der Waals surface area contributed by atoms with Crippen LogP contribution in [0.5, 0.6) is 11.5 Å². The lowest BCUT2D eigenvalue weighted by molar-refractivity contribution is -0.145. The van der Waals surface area contributed by atoms with Crippen LogP contribution in [-0.2, 0) is 14.3 Å². The number of rotatable bonds is 4. The molecule has 1 aliphatic heterocycles. The van der Waals surface area contributed by atoms with Crippen molar-refractivity contribution in [3.05, 3.63) is 54.6 Å². The van der Waals surface area contributed by atoms with Gasteiger partial charge < -0.3 is 14.8 Å². The molecular formula is C21H19NO4. The molecule has 26 heavy (non-hydrogen) atoms. The highest BCUT2D eigenvalue weighted by atomic mass is 16.6. The first-order chi connectivity index (χ1) is 12.7. The van der Waals surface area contributed by atoms with Crippen molar-refractivity contribution < 1.29 is 19.1 Å². The first-order valence-corrected chi connectivity index (χ1v) is 9.03. The molecular weight excluding hydrogens is 330 g/mol. The van der Waals surface area contributed by atoms with Crippen LogP contribution in [0, 0.1) is 23.7 Å². The van der Waals surface area contributed by atoms with Crippen LogP contribution in [-0.4, -0.2) is 18.0 Å². The Hall–Kier alpha value is -2.82. The number of benzene rings is 2. The van der Waals surface area contributed by atoms with Crippen LogP contribution in [0.25, 0.3) is 0 Å². The van der Waals surface area contributed by atoms with E-state index in [-0.39, 0.29) is 41.7 Å². The van der Waals surface area contributed by atoms with Crippen molar-refractivity contribution >= 4 is 17.6 Å². The average molecular weight is 349 g/mol. The van der Waals surface area contributed by atoms with Crippen LogP contribution in [0.15, 0.2) is 54.6 Å². The smallest absolute Gasteiger partial charge is 0.310 e. The lowest BCUT2D eigenvalue weighted by Crippen LogP contribution is -2.35. The number of para-hydroxylation sites is 1. The Morgan fingerprint density at radius 1 is 1.00 bits per heavy atom. The van der Waals surface area contributed by atoms with Gasteiger partial charge in [-0.25, -0.2) is 0 Å². The lowest BCUT2D eigenvalue weighted by atomic mass is 9.79. The van der Waals surface area contributed by atoms with Gasteiger partial charge in [-0.2, -0.15) is 0 Å². The lowest BCUT2D eigenvalue weighted by Gasteiger charge is -2.23. The first-order valence-electron chi connectivity index (χ1n) is 9.03. The molecule has 0 spiro atoms. The molecule has 2 saturated carbocycles. The molecule has 3 aliphatic rings. The molecule has 0 aromatic heterocycles. The summed E-state index contributed by atoms with van der Waals surface area (Å²) in [6.45, 7) is 0. The van der Waals surface area contributed by atoms with E-state index in [9.17, 15) is 9.59 Å². The quantitative estimate of drug-likeness (QED) is 0.857. The summed E-state index contributed by atoms with van der Waals surface area (Å²) in [5, 5.41) is 2.96. The first kappa shape index (κ1) is 15.4. The third-order valence-electron chi connectivity index (χ3n) is 5.89. The Labute approximate surface area is 151 Å². The van der Waals surface area contributed by atoms with Crippen molar-refractivity contribution in [2.24, 2.45) is 23.7 Å².